The molecule has 1 aliphatic rings. The van der Waals surface area contributed by atoms with E-state index >= 15 is 0 Å². The van der Waals surface area contributed by atoms with Gasteiger partial charge in [0.15, 0.2) is 0 Å². The van der Waals surface area contributed by atoms with E-state index in [-0.39, 0.29) is 23.2 Å². The number of carbonyl (C=O) groups excluding carboxylic acids is 1. The van der Waals surface area contributed by atoms with Crippen molar-refractivity contribution in [2.45, 2.75) is 23.8 Å². The van der Waals surface area contributed by atoms with E-state index in [0.717, 1.165) is 24.3 Å². The number of hydrogen-bond acceptors (Lipinski definition) is 5. The van der Waals surface area contributed by atoms with E-state index in [1.807, 2.05) is 6.26 Å². The van der Waals surface area contributed by atoms with E-state index in [4.69, 9.17) is 0 Å². The molecule has 2 rings (SSSR count). The summed E-state index contributed by atoms with van der Waals surface area (Å²) in [7, 11) is 0. The van der Waals surface area contributed by atoms with Gasteiger partial charge >= 0.3 is 0 Å². The van der Waals surface area contributed by atoms with Gasteiger partial charge in [0.25, 0.3) is 11.6 Å². The highest BCUT2D eigenvalue weighted by atomic mass is 32.2. The van der Waals surface area contributed by atoms with Crippen LogP contribution in [0.3, 0.4) is 0 Å². The second kappa shape index (κ2) is 6.71. The quantitative estimate of drug-likeness (QED) is 0.502. The maximum atomic E-state index is 12.3. The summed E-state index contributed by atoms with van der Waals surface area (Å²) >= 11 is 1.45. The summed E-state index contributed by atoms with van der Waals surface area (Å²) in [4.78, 5) is 23.6. The van der Waals surface area contributed by atoms with E-state index in [9.17, 15) is 14.9 Å². The molecule has 7 heteroatoms. The zero-order chi connectivity index (χ0) is 14.5. The van der Waals surface area contributed by atoms with E-state index in [0.29, 0.717) is 6.54 Å². The molecule has 0 aliphatic carbocycles. The number of hydrogen-bond donors (Lipinski definition) is 2. The van der Waals surface area contributed by atoms with Gasteiger partial charge in [-0.05, 0) is 37.8 Å². The molecule has 0 saturated carbocycles. The van der Waals surface area contributed by atoms with Gasteiger partial charge in [0.1, 0.15) is 5.56 Å². The van der Waals surface area contributed by atoms with Crippen molar-refractivity contribution in [1.29, 1.82) is 0 Å². The number of rotatable bonds is 4. The summed E-state index contributed by atoms with van der Waals surface area (Å²) in [6.45, 7) is 1.66. The molecule has 6 nitrogen and oxygen atoms in total. The molecule has 1 aromatic carbocycles. The Hall–Kier alpha value is -1.60. The number of amides is 1. The Morgan fingerprint density at radius 1 is 1.55 bits per heavy atom. The fourth-order valence-electron chi connectivity index (χ4n) is 2.22. The highest BCUT2D eigenvalue weighted by Crippen LogP contribution is 2.25. The Bertz CT molecular complexity index is 516. The predicted molar refractivity (Wildman–Crippen MR) is 78.2 cm³/mol. The van der Waals surface area contributed by atoms with Crippen LogP contribution >= 0.6 is 11.8 Å². The van der Waals surface area contributed by atoms with Crippen LogP contribution in [0.4, 0.5) is 5.69 Å². The average Bonchev–Trinajstić information content (AvgIpc) is 2.47. The number of nitrogens with one attached hydrogen (secondary N) is 2. The molecule has 1 aliphatic heterocycles. The monoisotopic (exact) mass is 295 g/mol. The maximum absolute atomic E-state index is 12.3. The topological polar surface area (TPSA) is 84.3 Å². The lowest BCUT2D eigenvalue weighted by atomic mass is 10.1. The molecule has 1 heterocycles. The Morgan fingerprint density at radius 2 is 2.35 bits per heavy atom. The van der Waals surface area contributed by atoms with Crippen LogP contribution in [0, 0.1) is 10.1 Å². The van der Waals surface area contributed by atoms with Gasteiger partial charge in [-0.25, -0.2) is 0 Å². The Kier molecular flexibility index (Phi) is 4.97. The molecule has 1 aromatic rings. The number of nitro benzene ring substituents is 1. The molecule has 1 amide bonds. The van der Waals surface area contributed by atoms with E-state index in [2.05, 4.69) is 10.6 Å². The second-order valence-electron chi connectivity index (χ2n) is 4.66. The van der Waals surface area contributed by atoms with Crippen molar-refractivity contribution >= 4 is 23.4 Å². The first-order valence-electron chi connectivity index (χ1n) is 6.46. The van der Waals surface area contributed by atoms with Crippen molar-refractivity contribution in [2.75, 3.05) is 19.3 Å². The third kappa shape index (κ3) is 3.49. The van der Waals surface area contributed by atoms with Gasteiger partial charge in [-0.15, -0.1) is 11.8 Å². The number of piperidine rings is 1. The zero-order valence-electron chi connectivity index (χ0n) is 11.2. The van der Waals surface area contributed by atoms with Gasteiger partial charge in [0.05, 0.1) is 4.92 Å². The van der Waals surface area contributed by atoms with Crippen molar-refractivity contribution in [3.05, 3.63) is 33.9 Å². The van der Waals surface area contributed by atoms with Crippen LogP contribution in [0.25, 0.3) is 0 Å². The van der Waals surface area contributed by atoms with Gasteiger partial charge in [0.2, 0.25) is 0 Å². The number of carbonyl (C=O) groups is 1. The maximum Gasteiger partial charge on any atom is 0.282 e. The molecular weight excluding hydrogens is 278 g/mol. The fourth-order valence-corrected chi connectivity index (χ4v) is 2.66. The third-order valence-corrected chi connectivity index (χ3v) is 4.00. The SMILES string of the molecule is CSc1ccc([N+](=O)[O-])c(C(=O)N[C@H]2CCCNC2)c1. The lowest BCUT2D eigenvalue weighted by Crippen LogP contribution is -2.45. The van der Waals surface area contributed by atoms with Gasteiger partial charge in [0, 0.05) is 23.5 Å². The van der Waals surface area contributed by atoms with Crippen LogP contribution in [0.2, 0.25) is 0 Å². The van der Waals surface area contributed by atoms with Crippen LogP contribution in [0.1, 0.15) is 23.2 Å². The molecule has 1 saturated heterocycles. The zero-order valence-corrected chi connectivity index (χ0v) is 12.0. The smallest absolute Gasteiger partial charge is 0.282 e. The average molecular weight is 295 g/mol. The van der Waals surface area contributed by atoms with Crippen molar-refractivity contribution in [3.8, 4) is 0 Å². The minimum absolute atomic E-state index is 0.0359. The normalized spacial score (nSPS) is 18.6. The van der Waals surface area contributed by atoms with Crippen LogP contribution in [0.5, 0.6) is 0 Å². The molecule has 1 fully saturated rings. The van der Waals surface area contributed by atoms with Gasteiger partial charge in [-0.1, -0.05) is 0 Å². The summed E-state index contributed by atoms with van der Waals surface area (Å²) in [5.74, 6) is -0.374. The fraction of sp³-hybridized carbons (Fsp3) is 0.462. The van der Waals surface area contributed by atoms with E-state index in [1.165, 1.54) is 17.8 Å². The molecule has 108 valence electrons. The summed E-state index contributed by atoms with van der Waals surface area (Å²) < 4.78 is 0. The van der Waals surface area contributed by atoms with E-state index < -0.39 is 4.92 Å². The Morgan fingerprint density at radius 3 is 2.95 bits per heavy atom. The first-order chi connectivity index (χ1) is 9.61. The second-order valence-corrected chi connectivity index (χ2v) is 5.54. The summed E-state index contributed by atoms with van der Waals surface area (Å²) in [5.41, 5.74) is -0.0171. The van der Waals surface area contributed by atoms with Crippen molar-refractivity contribution in [1.82, 2.24) is 10.6 Å². The lowest BCUT2D eigenvalue weighted by Gasteiger charge is -2.23. The number of thioether (sulfide) groups is 1. The van der Waals surface area contributed by atoms with Gasteiger partial charge < -0.3 is 10.6 Å². The first-order valence-corrected chi connectivity index (χ1v) is 7.68. The van der Waals surface area contributed by atoms with E-state index in [1.54, 1.807) is 12.1 Å². The molecule has 20 heavy (non-hydrogen) atoms. The number of nitrogens with zero attached hydrogens (tertiary/aromatic N) is 1. The van der Waals surface area contributed by atoms with Gasteiger partial charge in [-0.3, -0.25) is 14.9 Å². The largest absolute Gasteiger partial charge is 0.348 e. The van der Waals surface area contributed by atoms with Crippen molar-refractivity contribution in [2.24, 2.45) is 0 Å². The molecule has 0 unspecified atom stereocenters. The summed E-state index contributed by atoms with van der Waals surface area (Å²) in [6, 6.07) is 4.66. The van der Waals surface area contributed by atoms with Crippen molar-refractivity contribution < 1.29 is 9.72 Å². The molecular formula is C13H17N3O3S. The summed E-state index contributed by atoms with van der Waals surface area (Å²) in [6.07, 6.45) is 3.76. The molecule has 0 radical (unpaired) electrons. The number of benzene rings is 1. The number of nitro groups is 1. The highest BCUT2D eigenvalue weighted by Gasteiger charge is 2.23. The van der Waals surface area contributed by atoms with Crippen molar-refractivity contribution in [3.63, 3.8) is 0 Å². The van der Waals surface area contributed by atoms with Crippen LogP contribution in [-0.2, 0) is 0 Å². The van der Waals surface area contributed by atoms with Crippen LogP contribution in [0.15, 0.2) is 23.1 Å². The standard InChI is InChI=1S/C13H17N3O3S/c1-20-10-4-5-12(16(18)19)11(7-10)13(17)15-9-3-2-6-14-8-9/h4-5,7,9,14H,2-3,6,8H2,1H3,(H,15,17)/t9-/m0/s1. The minimum atomic E-state index is -0.516. The Balaban J connectivity index is 2.20. The molecule has 0 aromatic heterocycles. The molecule has 0 spiro atoms. The first kappa shape index (κ1) is 14.8. The molecule has 2 N–H and O–H groups in total. The highest BCUT2D eigenvalue weighted by molar-refractivity contribution is 7.98. The third-order valence-electron chi connectivity index (χ3n) is 3.28. The van der Waals surface area contributed by atoms with Gasteiger partial charge in [-0.2, -0.15) is 0 Å². The predicted octanol–water partition coefficient (Wildman–Crippen LogP) is 1.80. The molecule has 1 atom stereocenters. The lowest BCUT2D eigenvalue weighted by molar-refractivity contribution is -0.385. The summed E-state index contributed by atoms with van der Waals surface area (Å²) in [5, 5.41) is 17.1. The minimum Gasteiger partial charge on any atom is -0.348 e. The van der Waals surface area contributed by atoms with Crippen LogP contribution in [-0.4, -0.2) is 36.2 Å². The van der Waals surface area contributed by atoms with Crippen LogP contribution < -0.4 is 10.6 Å². The Labute approximate surface area is 121 Å². The molecule has 0 bridgehead atoms.